The van der Waals surface area contributed by atoms with Gasteiger partial charge in [-0.2, -0.15) is 0 Å². The molecule has 0 heterocycles. The molecule has 0 spiro atoms. The molecule has 0 saturated heterocycles. The van der Waals surface area contributed by atoms with E-state index in [0.29, 0.717) is 13.0 Å². The highest BCUT2D eigenvalue weighted by Gasteiger charge is 1.98. The summed E-state index contributed by atoms with van der Waals surface area (Å²) in [5, 5.41) is 0. The Hall–Kier alpha value is -2.29. The Morgan fingerprint density at radius 3 is 2.05 bits per heavy atom. The topological polar surface area (TPSA) is 35.5 Å². The summed E-state index contributed by atoms with van der Waals surface area (Å²) in [5.41, 5.74) is 2.07. The van der Waals surface area contributed by atoms with E-state index in [9.17, 15) is 4.79 Å². The molecule has 0 radical (unpaired) electrons. The summed E-state index contributed by atoms with van der Waals surface area (Å²) >= 11 is 0. The average molecular weight is 256 g/mol. The maximum Gasteiger partial charge on any atom is 0.124 e. The van der Waals surface area contributed by atoms with E-state index >= 15 is 0 Å². The Bertz CT molecular complexity index is 515. The normalized spacial score (nSPS) is 9.95. The number of hydrogen-bond donors (Lipinski definition) is 0. The number of carbonyl (C=O) groups is 1. The van der Waals surface area contributed by atoms with Crippen LogP contribution in [0, 0.1) is 0 Å². The molecule has 0 bridgehead atoms. The van der Waals surface area contributed by atoms with E-state index < -0.39 is 0 Å². The van der Waals surface area contributed by atoms with Gasteiger partial charge in [-0.05, 0) is 35.4 Å². The minimum Gasteiger partial charge on any atom is -0.497 e. The van der Waals surface area contributed by atoms with Crippen molar-refractivity contribution in [2.75, 3.05) is 7.11 Å². The summed E-state index contributed by atoms with van der Waals surface area (Å²) in [4.78, 5) is 10.4. The maximum atomic E-state index is 10.4. The fraction of sp³-hybridized carbons (Fsp3) is 0.188. The van der Waals surface area contributed by atoms with Gasteiger partial charge in [-0.1, -0.05) is 24.3 Å². The highest BCUT2D eigenvalue weighted by Crippen LogP contribution is 2.16. The van der Waals surface area contributed by atoms with E-state index in [1.807, 2.05) is 48.5 Å². The largest absolute Gasteiger partial charge is 0.497 e. The Morgan fingerprint density at radius 2 is 1.47 bits per heavy atom. The zero-order chi connectivity index (χ0) is 13.5. The molecule has 2 aromatic rings. The van der Waals surface area contributed by atoms with Crippen LogP contribution < -0.4 is 9.47 Å². The zero-order valence-electron chi connectivity index (χ0n) is 10.8. The van der Waals surface area contributed by atoms with Crippen LogP contribution in [0.2, 0.25) is 0 Å². The van der Waals surface area contributed by atoms with Gasteiger partial charge < -0.3 is 14.3 Å². The van der Waals surface area contributed by atoms with E-state index in [4.69, 9.17) is 9.47 Å². The number of benzene rings is 2. The molecule has 0 aliphatic carbocycles. The fourth-order valence-corrected chi connectivity index (χ4v) is 1.71. The first-order valence-electron chi connectivity index (χ1n) is 6.10. The van der Waals surface area contributed by atoms with E-state index in [2.05, 4.69) is 0 Å². The maximum absolute atomic E-state index is 10.4. The molecule has 3 heteroatoms. The number of carbonyl (C=O) groups excluding carboxylic acids is 1. The van der Waals surface area contributed by atoms with Crippen LogP contribution in [0.25, 0.3) is 0 Å². The number of rotatable bonds is 6. The van der Waals surface area contributed by atoms with Crippen molar-refractivity contribution in [3.05, 3.63) is 59.7 Å². The van der Waals surface area contributed by atoms with Gasteiger partial charge >= 0.3 is 0 Å². The van der Waals surface area contributed by atoms with Crippen LogP contribution in [0.5, 0.6) is 11.5 Å². The number of ether oxygens (including phenoxy) is 2. The van der Waals surface area contributed by atoms with E-state index in [0.717, 1.165) is 28.9 Å². The van der Waals surface area contributed by atoms with Crippen molar-refractivity contribution in [2.24, 2.45) is 0 Å². The highest BCUT2D eigenvalue weighted by molar-refractivity contribution is 5.55. The summed E-state index contributed by atoms with van der Waals surface area (Å²) in [6, 6.07) is 15.3. The molecule has 0 atom stereocenters. The van der Waals surface area contributed by atoms with Crippen molar-refractivity contribution in [2.45, 2.75) is 13.0 Å². The van der Waals surface area contributed by atoms with Gasteiger partial charge in [0.25, 0.3) is 0 Å². The minimum absolute atomic E-state index is 0.443. The molecule has 0 aromatic heterocycles. The fourth-order valence-electron chi connectivity index (χ4n) is 1.71. The molecular formula is C16H16O3. The van der Waals surface area contributed by atoms with E-state index in [1.165, 1.54) is 0 Å². The van der Waals surface area contributed by atoms with Crippen molar-refractivity contribution < 1.29 is 14.3 Å². The van der Waals surface area contributed by atoms with Crippen molar-refractivity contribution in [3.63, 3.8) is 0 Å². The third-order valence-corrected chi connectivity index (χ3v) is 2.81. The summed E-state index contributed by atoms with van der Waals surface area (Å²) in [6.07, 6.45) is 1.34. The van der Waals surface area contributed by atoms with Crippen LogP contribution >= 0.6 is 0 Å². The lowest BCUT2D eigenvalue weighted by atomic mass is 10.2. The molecule has 98 valence electrons. The Balaban J connectivity index is 1.91. The molecule has 0 aliphatic heterocycles. The van der Waals surface area contributed by atoms with Crippen molar-refractivity contribution >= 4 is 6.29 Å². The van der Waals surface area contributed by atoms with Crippen LogP contribution in [0.15, 0.2) is 48.5 Å². The van der Waals surface area contributed by atoms with Gasteiger partial charge in [-0.15, -0.1) is 0 Å². The predicted molar refractivity (Wildman–Crippen MR) is 73.5 cm³/mol. The van der Waals surface area contributed by atoms with Gasteiger partial charge in [0.15, 0.2) is 0 Å². The summed E-state index contributed by atoms with van der Waals surface area (Å²) in [6.45, 7) is 0.511. The van der Waals surface area contributed by atoms with Crippen LogP contribution in [-0.2, 0) is 17.8 Å². The zero-order valence-corrected chi connectivity index (χ0v) is 10.8. The van der Waals surface area contributed by atoms with E-state index in [-0.39, 0.29) is 0 Å². The lowest BCUT2D eigenvalue weighted by Gasteiger charge is -2.07. The Kier molecular flexibility index (Phi) is 4.56. The third kappa shape index (κ3) is 3.85. The Labute approximate surface area is 112 Å². The quantitative estimate of drug-likeness (QED) is 0.745. The second-order valence-electron chi connectivity index (χ2n) is 4.15. The molecule has 0 unspecified atom stereocenters. The van der Waals surface area contributed by atoms with Crippen molar-refractivity contribution in [1.29, 1.82) is 0 Å². The molecule has 0 aliphatic rings. The van der Waals surface area contributed by atoms with Crippen LogP contribution in [0.3, 0.4) is 0 Å². The first-order chi connectivity index (χ1) is 9.31. The second kappa shape index (κ2) is 6.59. The Morgan fingerprint density at radius 1 is 0.895 bits per heavy atom. The number of methoxy groups -OCH3 is 1. The predicted octanol–water partition coefficient (Wildman–Crippen LogP) is 3.02. The number of hydrogen-bond acceptors (Lipinski definition) is 3. The lowest BCUT2D eigenvalue weighted by Crippen LogP contribution is -1.96. The lowest BCUT2D eigenvalue weighted by molar-refractivity contribution is -0.107. The molecule has 0 fully saturated rings. The molecule has 2 aromatic carbocycles. The summed E-state index contributed by atoms with van der Waals surface area (Å²) in [5.74, 6) is 1.63. The molecule has 2 rings (SSSR count). The molecule has 0 amide bonds. The van der Waals surface area contributed by atoms with Crippen molar-refractivity contribution in [1.82, 2.24) is 0 Å². The standard InChI is InChI=1S/C16H16O3/c1-18-15-6-4-14(5-7-15)12-19-16-8-2-13(3-9-16)10-11-17/h2-9,11H,10,12H2,1H3. The molecule has 0 saturated carbocycles. The highest BCUT2D eigenvalue weighted by atomic mass is 16.5. The molecule has 0 N–H and O–H groups in total. The first-order valence-corrected chi connectivity index (χ1v) is 6.10. The van der Waals surface area contributed by atoms with Gasteiger partial charge in [-0.3, -0.25) is 0 Å². The summed E-state index contributed by atoms with van der Waals surface area (Å²) in [7, 11) is 1.65. The second-order valence-corrected chi connectivity index (χ2v) is 4.15. The number of aldehydes is 1. The third-order valence-electron chi connectivity index (χ3n) is 2.81. The van der Waals surface area contributed by atoms with E-state index in [1.54, 1.807) is 7.11 Å². The van der Waals surface area contributed by atoms with Crippen LogP contribution in [-0.4, -0.2) is 13.4 Å². The average Bonchev–Trinajstić information content (AvgIpc) is 2.47. The van der Waals surface area contributed by atoms with Gasteiger partial charge in [0.05, 0.1) is 7.11 Å². The molecule has 3 nitrogen and oxygen atoms in total. The minimum atomic E-state index is 0.443. The van der Waals surface area contributed by atoms with Gasteiger partial charge in [0.2, 0.25) is 0 Å². The van der Waals surface area contributed by atoms with Gasteiger partial charge in [0, 0.05) is 6.42 Å². The molecule has 19 heavy (non-hydrogen) atoms. The first kappa shape index (κ1) is 13.1. The van der Waals surface area contributed by atoms with Crippen LogP contribution in [0.4, 0.5) is 0 Å². The smallest absolute Gasteiger partial charge is 0.124 e. The molecular weight excluding hydrogens is 240 g/mol. The van der Waals surface area contributed by atoms with Gasteiger partial charge in [0.1, 0.15) is 24.4 Å². The van der Waals surface area contributed by atoms with Gasteiger partial charge in [-0.25, -0.2) is 0 Å². The van der Waals surface area contributed by atoms with Crippen molar-refractivity contribution in [3.8, 4) is 11.5 Å². The monoisotopic (exact) mass is 256 g/mol. The van der Waals surface area contributed by atoms with Crippen LogP contribution in [0.1, 0.15) is 11.1 Å². The summed E-state index contributed by atoms with van der Waals surface area (Å²) < 4.78 is 10.8. The SMILES string of the molecule is COc1ccc(COc2ccc(CC=O)cc2)cc1.